The molecule has 0 aromatic rings. The van der Waals surface area contributed by atoms with Crippen LogP contribution in [0.25, 0.3) is 0 Å². The van der Waals surface area contributed by atoms with E-state index in [9.17, 15) is 4.79 Å². The summed E-state index contributed by atoms with van der Waals surface area (Å²) in [6, 6.07) is 0. The van der Waals surface area contributed by atoms with Crippen molar-refractivity contribution in [2.75, 3.05) is 0 Å². The first-order chi connectivity index (χ1) is 5.24. The molecule has 0 saturated heterocycles. The van der Waals surface area contributed by atoms with E-state index in [-0.39, 0.29) is 17.5 Å². The minimum absolute atomic E-state index is 0.00998. The summed E-state index contributed by atoms with van der Waals surface area (Å²) < 4.78 is 5.22. The first kappa shape index (κ1) is 11.5. The fraction of sp³-hybridized carbons (Fsp3) is 0.900. The van der Waals surface area contributed by atoms with Gasteiger partial charge in [0.25, 0.3) is 0 Å². The molecule has 0 aliphatic rings. The molecule has 0 aliphatic carbocycles. The smallest absolute Gasteiger partial charge is 0.309 e. The van der Waals surface area contributed by atoms with Gasteiger partial charge in [0.15, 0.2) is 0 Å². The molecule has 0 aromatic heterocycles. The van der Waals surface area contributed by atoms with Gasteiger partial charge in [-0.15, -0.1) is 0 Å². The van der Waals surface area contributed by atoms with E-state index in [0.29, 0.717) is 5.92 Å². The van der Waals surface area contributed by atoms with E-state index in [0.717, 1.165) is 0 Å². The Balaban J connectivity index is 4.05. The molecule has 0 radical (unpaired) electrons. The number of carbonyl (C=O) groups is 1. The van der Waals surface area contributed by atoms with Crippen LogP contribution in [0.3, 0.4) is 0 Å². The van der Waals surface area contributed by atoms with Gasteiger partial charge in [-0.25, -0.2) is 0 Å². The van der Waals surface area contributed by atoms with Crippen molar-refractivity contribution in [3.05, 3.63) is 0 Å². The lowest BCUT2D eigenvalue weighted by Gasteiger charge is -2.23. The number of rotatable bonds is 2. The number of hydrogen-bond acceptors (Lipinski definition) is 2. The van der Waals surface area contributed by atoms with E-state index in [4.69, 9.17) is 4.74 Å². The normalized spacial score (nSPS) is 14.6. The Morgan fingerprint density at radius 1 is 1.17 bits per heavy atom. The Bertz CT molecular complexity index is 154. The summed E-state index contributed by atoms with van der Waals surface area (Å²) in [5.74, 6) is 0.238. The molecule has 0 heterocycles. The number of hydrogen-bond donors (Lipinski definition) is 0. The fourth-order valence-corrected chi connectivity index (χ4v) is 0.667. The molecule has 0 aliphatic heterocycles. The van der Waals surface area contributed by atoms with Gasteiger partial charge < -0.3 is 4.74 Å². The van der Waals surface area contributed by atoms with Crippen LogP contribution in [0.5, 0.6) is 0 Å². The average molecular weight is 172 g/mol. The molecule has 0 saturated carbocycles. The molecule has 12 heavy (non-hydrogen) atoms. The van der Waals surface area contributed by atoms with Gasteiger partial charge in [0.05, 0.1) is 5.92 Å². The van der Waals surface area contributed by atoms with E-state index in [2.05, 4.69) is 0 Å². The SMILES string of the molecule is CC(C)[C@@H](C)C(=O)OC(C)(C)C. The van der Waals surface area contributed by atoms with Crippen LogP contribution in [0.4, 0.5) is 0 Å². The molecular formula is C10H20O2. The summed E-state index contributed by atoms with van der Waals surface area (Å²) in [4.78, 5) is 11.4. The highest BCUT2D eigenvalue weighted by Gasteiger charge is 2.23. The van der Waals surface area contributed by atoms with Gasteiger partial charge in [-0.3, -0.25) is 4.79 Å². The van der Waals surface area contributed by atoms with E-state index < -0.39 is 0 Å². The fourth-order valence-electron chi connectivity index (χ4n) is 0.667. The van der Waals surface area contributed by atoms with E-state index in [1.54, 1.807) is 0 Å². The van der Waals surface area contributed by atoms with Crippen LogP contribution in [-0.2, 0) is 9.53 Å². The van der Waals surface area contributed by atoms with Crippen molar-refractivity contribution in [1.82, 2.24) is 0 Å². The van der Waals surface area contributed by atoms with E-state index >= 15 is 0 Å². The van der Waals surface area contributed by atoms with Crippen LogP contribution in [0.2, 0.25) is 0 Å². The molecule has 0 fully saturated rings. The Kier molecular flexibility index (Phi) is 3.75. The molecule has 0 amide bonds. The predicted molar refractivity (Wildman–Crippen MR) is 49.8 cm³/mol. The van der Waals surface area contributed by atoms with Gasteiger partial charge in [0.2, 0.25) is 0 Å². The first-order valence-electron chi connectivity index (χ1n) is 4.47. The minimum Gasteiger partial charge on any atom is -0.460 e. The van der Waals surface area contributed by atoms with Gasteiger partial charge in [-0.2, -0.15) is 0 Å². The Hall–Kier alpha value is -0.530. The molecule has 0 spiro atoms. The lowest BCUT2D eigenvalue weighted by Crippen LogP contribution is -2.29. The van der Waals surface area contributed by atoms with Crippen LogP contribution >= 0.6 is 0 Å². The minimum atomic E-state index is -0.361. The number of carbonyl (C=O) groups excluding carboxylic acids is 1. The van der Waals surface area contributed by atoms with Crippen LogP contribution in [-0.4, -0.2) is 11.6 Å². The van der Waals surface area contributed by atoms with Crippen molar-refractivity contribution in [2.24, 2.45) is 11.8 Å². The zero-order valence-corrected chi connectivity index (χ0v) is 8.97. The van der Waals surface area contributed by atoms with Gasteiger partial charge in [0, 0.05) is 0 Å². The summed E-state index contributed by atoms with van der Waals surface area (Å²) in [5.41, 5.74) is -0.361. The maximum absolute atomic E-state index is 11.4. The van der Waals surface area contributed by atoms with E-state index in [1.807, 2.05) is 41.5 Å². The first-order valence-corrected chi connectivity index (χ1v) is 4.47. The topological polar surface area (TPSA) is 26.3 Å². The van der Waals surface area contributed by atoms with Gasteiger partial charge in [0.1, 0.15) is 5.60 Å². The highest BCUT2D eigenvalue weighted by Crippen LogP contribution is 2.16. The van der Waals surface area contributed by atoms with Gasteiger partial charge in [-0.05, 0) is 26.7 Å². The lowest BCUT2D eigenvalue weighted by atomic mass is 9.98. The van der Waals surface area contributed by atoms with Crippen molar-refractivity contribution in [2.45, 2.75) is 47.1 Å². The maximum atomic E-state index is 11.4. The largest absolute Gasteiger partial charge is 0.460 e. The quantitative estimate of drug-likeness (QED) is 0.598. The Morgan fingerprint density at radius 3 is 1.83 bits per heavy atom. The molecule has 0 unspecified atom stereocenters. The third kappa shape index (κ3) is 4.37. The van der Waals surface area contributed by atoms with Crippen molar-refractivity contribution in [3.63, 3.8) is 0 Å². The van der Waals surface area contributed by atoms with Crippen molar-refractivity contribution < 1.29 is 9.53 Å². The molecule has 72 valence electrons. The van der Waals surface area contributed by atoms with Gasteiger partial charge in [-0.1, -0.05) is 20.8 Å². The Morgan fingerprint density at radius 2 is 1.58 bits per heavy atom. The van der Waals surface area contributed by atoms with Crippen LogP contribution < -0.4 is 0 Å². The molecule has 2 nitrogen and oxygen atoms in total. The molecule has 2 heteroatoms. The number of esters is 1. The summed E-state index contributed by atoms with van der Waals surface area (Å²) in [7, 11) is 0. The standard InChI is InChI=1S/C10H20O2/c1-7(2)8(3)9(11)12-10(4,5)6/h7-8H,1-6H3/t8-/m1/s1. The second-order valence-electron chi connectivity index (χ2n) is 4.57. The predicted octanol–water partition coefficient (Wildman–Crippen LogP) is 2.62. The zero-order chi connectivity index (χ0) is 9.94. The van der Waals surface area contributed by atoms with E-state index in [1.165, 1.54) is 0 Å². The summed E-state index contributed by atoms with van der Waals surface area (Å²) >= 11 is 0. The monoisotopic (exact) mass is 172 g/mol. The van der Waals surface area contributed by atoms with Crippen LogP contribution in [0.1, 0.15) is 41.5 Å². The second-order valence-corrected chi connectivity index (χ2v) is 4.57. The van der Waals surface area contributed by atoms with Crippen LogP contribution in [0.15, 0.2) is 0 Å². The molecule has 0 N–H and O–H groups in total. The highest BCUT2D eigenvalue weighted by molar-refractivity contribution is 5.72. The molecule has 1 atom stereocenters. The van der Waals surface area contributed by atoms with Crippen LogP contribution in [0, 0.1) is 11.8 Å². The highest BCUT2D eigenvalue weighted by atomic mass is 16.6. The average Bonchev–Trinajstić information content (AvgIpc) is 1.82. The van der Waals surface area contributed by atoms with Crippen molar-refractivity contribution >= 4 is 5.97 Å². The van der Waals surface area contributed by atoms with Gasteiger partial charge >= 0.3 is 5.97 Å². The van der Waals surface area contributed by atoms with Crippen molar-refractivity contribution in [1.29, 1.82) is 0 Å². The second kappa shape index (κ2) is 3.92. The molecule has 0 aromatic carbocycles. The molecule has 0 rings (SSSR count). The number of ether oxygens (including phenoxy) is 1. The summed E-state index contributed by atoms with van der Waals surface area (Å²) in [5, 5.41) is 0. The lowest BCUT2D eigenvalue weighted by molar-refractivity contribution is -0.160. The summed E-state index contributed by atoms with van der Waals surface area (Å²) in [6.07, 6.45) is 0. The molecule has 0 bridgehead atoms. The Labute approximate surface area is 75.3 Å². The zero-order valence-electron chi connectivity index (χ0n) is 8.97. The summed E-state index contributed by atoms with van der Waals surface area (Å²) in [6.45, 7) is 11.6. The van der Waals surface area contributed by atoms with Crippen molar-refractivity contribution in [3.8, 4) is 0 Å². The maximum Gasteiger partial charge on any atom is 0.309 e. The molecular weight excluding hydrogens is 152 g/mol. The third-order valence-electron chi connectivity index (χ3n) is 1.78. The third-order valence-corrected chi connectivity index (χ3v) is 1.78.